The van der Waals surface area contributed by atoms with E-state index in [-0.39, 0.29) is 61.3 Å². The third-order valence-corrected chi connectivity index (χ3v) is 11.1. The molecule has 14 heteroatoms. The van der Waals surface area contributed by atoms with Gasteiger partial charge in [0.15, 0.2) is 0 Å². The Bertz CT molecular complexity index is 1360. The van der Waals surface area contributed by atoms with Crippen molar-refractivity contribution in [3.05, 3.63) is 35.9 Å². The van der Waals surface area contributed by atoms with Gasteiger partial charge in [0.05, 0.1) is 49.8 Å². The molecule has 2 rings (SSSR count). The number of carbonyl (C=O) groups excluding carboxylic acids is 5. The summed E-state index contributed by atoms with van der Waals surface area (Å²) in [5, 5.41) is 5.85. The predicted octanol–water partition coefficient (Wildman–Crippen LogP) is 2.62. The number of rotatable bonds is 23. The molecular weight excluding hydrogens is 704 g/mol. The molecule has 1 saturated heterocycles. The largest absolute Gasteiger partial charge is 0.467 e. The second-order valence-electron chi connectivity index (χ2n) is 15.3. The zero-order valence-corrected chi connectivity index (χ0v) is 35.2. The van der Waals surface area contributed by atoms with Crippen LogP contribution in [0.2, 0.25) is 0 Å². The Labute approximate surface area is 329 Å². The van der Waals surface area contributed by atoms with Crippen LogP contribution in [0.15, 0.2) is 30.3 Å². The lowest BCUT2D eigenvalue weighted by molar-refractivity contribution is -0.149. The molecule has 55 heavy (non-hydrogen) atoms. The van der Waals surface area contributed by atoms with Crippen LogP contribution in [0.1, 0.15) is 79.2 Å². The molecule has 0 saturated carbocycles. The number of ether oxygens (including phenoxy) is 3. The number of hydrogen-bond acceptors (Lipinski definition) is 10. The highest BCUT2D eigenvalue weighted by Crippen LogP contribution is 2.30. The normalized spacial score (nSPS) is 18.8. The first-order chi connectivity index (χ1) is 26.1. The minimum atomic E-state index is -0.896. The minimum Gasteiger partial charge on any atom is -0.467 e. The van der Waals surface area contributed by atoms with E-state index in [1.54, 1.807) is 23.8 Å². The quantitative estimate of drug-likeness (QED) is 0.140. The average molecular weight is 775 g/mol. The van der Waals surface area contributed by atoms with Crippen molar-refractivity contribution in [1.29, 1.82) is 0 Å². The second-order valence-corrected chi connectivity index (χ2v) is 15.3. The van der Waals surface area contributed by atoms with Gasteiger partial charge in [-0.3, -0.25) is 24.1 Å². The molecule has 1 aliphatic rings. The SMILES string of the molecule is CC[C@H](C)[C@@H]([C@@H](CC(=O)N1CCCC1[C@H](OC)[C@@H](C)C(=O)NC(Cc1ccccc1)C(=O)OC)OC)N(CC)C(=O)C(CCN)NC(=O)C(C(C)C)N(C)C. The summed E-state index contributed by atoms with van der Waals surface area (Å²) in [5.41, 5.74) is 6.84. The molecule has 0 bridgehead atoms. The van der Waals surface area contributed by atoms with Gasteiger partial charge in [-0.15, -0.1) is 0 Å². The first-order valence-electron chi connectivity index (χ1n) is 19.9. The van der Waals surface area contributed by atoms with Gasteiger partial charge in [0.2, 0.25) is 23.6 Å². The fraction of sp³-hybridized carbons (Fsp3) is 0.732. The Morgan fingerprint density at radius 2 is 1.56 bits per heavy atom. The van der Waals surface area contributed by atoms with Gasteiger partial charge in [-0.2, -0.15) is 0 Å². The molecule has 1 aromatic rings. The number of benzene rings is 1. The van der Waals surface area contributed by atoms with E-state index in [4.69, 9.17) is 19.9 Å². The smallest absolute Gasteiger partial charge is 0.328 e. The highest BCUT2D eigenvalue weighted by atomic mass is 16.5. The van der Waals surface area contributed by atoms with E-state index < -0.39 is 54.3 Å². The Morgan fingerprint density at radius 3 is 2.07 bits per heavy atom. The molecule has 4 unspecified atom stereocenters. The number of likely N-dealkylation sites (N-methyl/N-ethyl adjacent to an activating group) is 2. The van der Waals surface area contributed by atoms with E-state index >= 15 is 0 Å². The number of nitrogens with zero attached hydrogens (tertiary/aromatic N) is 3. The summed E-state index contributed by atoms with van der Waals surface area (Å²) in [5.74, 6) is -2.36. The summed E-state index contributed by atoms with van der Waals surface area (Å²) < 4.78 is 17.0. The first-order valence-corrected chi connectivity index (χ1v) is 19.9. The standard InChI is InChI=1S/C41H70N6O8/c1-12-27(5)36(46(13-2)40(51)30(21-22-42)43-39(50)35(26(3)4)45(7)8)33(53-9)25-34(48)47-23-17-20-32(47)37(54-10)28(6)38(49)44-31(41(52)55-11)24-29-18-15-14-16-19-29/h14-16,18-19,26-28,30-33,35-37H,12-13,17,20-25,42H2,1-11H3,(H,43,50)(H,44,49)/t27-,28+,30?,31?,32?,33+,35?,36-,37+/m0/s1. The third kappa shape index (κ3) is 13.0. The topological polar surface area (TPSA) is 173 Å². The van der Waals surface area contributed by atoms with Crippen LogP contribution in [-0.4, -0.2) is 142 Å². The lowest BCUT2D eigenvalue weighted by Gasteiger charge is -2.42. The Hall–Kier alpha value is -3.59. The Kier molecular flexibility index (Phi) is 20.3. The fourth-order valence-corrected chi connectivity index (χ4v) is 8.05. The van der Waals surface area contributed by atoms with Gasteiger partial charge in [0, 0.05) is 33.7 Å². The van der Waals surface area contributed by atoms with Gasteiger partial charge in [-0.05, 0) is 64.2 Å². The zero-order valence-electron chi connectivity index (χ0n) is 35.2. The summed E-state index contributed by atoms with van der Waals surface area (Å²) in [7, 11) is 8.04. The van der Waals surface area contributed by atoms with E-state index in [1.165, 1.54) is 14.2 Å². The van der Waals surface area contributed by atoms with Crippen molar-refractivity contribution in [2.45, 2.75) is 122 Å². The van der Waals surface area contributed by atoms with Crippen LogP contribution in [0.25, 0.3) is 0 Å². The van der Waals surface area contributed by atoms with Crippen LogP contribution in [-0.2, 0) is 44.6 Å². The van der Waals surface area contributed by atoms with Crippen molar-refractivity contribution in [2.24, 2.45) is 23.5 Å². The lowest BCUT2D eigenvalue weighted by atomic mass is 9.89. The molecule has 0 aliphatic carbocycles. The van der Waals surface area contributed by atoms with E-state index in [2.05, 4.69) is 10.6 Å². The fourth-order valence-electron chi connectivity index (χ4n) is 8.05. The third-order valence-electron chi connectivity index (χ3n) is 11.1. The van der Waals surface area contributed by atoms with Crippen molar-refractivity contribution in [3.8, 4) is 0 Å². The molecule has 4 N–H and O–H groups in total. The van der Waals surface area contributed by atoms with Crippen molar-refractivity contribution in [3.63, 3.8) is 0 Å². The first kappa shape index (κ1) is 47.6. The number of methoxy groups -OCH3 is 3. The molecular formula is C41H70N6O8. The van der Waals surface area contributed by atoms with E-state index in [1.807, 2.05) is 83.9 Å². The van der Waals surface area contributed by atoms with Crippen molar-refractivity contribution >= 4 is 29.6 Å². The summed E-state index contributed by atoms with van der Waals surface area (Å²) in [6.45, 7) is 12.6. The van der Waals surface area contributed by atoms with Crippen LogP contribution in [0.4, 0.5) is 0 Å². The lowest BCUT2D eigenvalue weighted by Crippen LogP contribution is -2.60. The number of nitrogens with two attached hydrogens (primary N) is 1. The van der Waals surface area contributed by atoms with Gasteiger partial charge in [-0.25, -0.2) is 4.79 Å². The monoisotopic (exact) mass is 775 g/mol. The highest BCUT2D eigenvalue weighted by Gasteiger charge is 2.43. The van der Waals surface area contributed by atoms with E-state index in [0.717, 1.165) is 12.0 Å². The molecule has 1 fully saturated rings. The van der Waals surface area contributed by atoms with Crippen molar-refractivity contribution < 1.29 is 38.2 Å². The van der Waals surface area contributed by atoms with Crippen LogP contribution in [0.3, 0.4) is 0 Å². The maximum absolute atomic E-state index is 14.4. The molecule has 312 valence electrons. The summed E-state index contributed by atoms with van der Waals surface area (Å²) in [6, 6.07) is 6.32. The van der Waals surface area contributed by atoms with Crippen molar-refractivity contribution in [2.75, 3.05) is 55.1 Å². The Morgan fingerprint density at radius 1 is 0.927 bits per heavy atom. The van der Waals surface area contributed by atoms with Gasteiger partial charge in [-0.1, -0.05) is 71.4 Å². The summed E-state index contributed by atoms with van der Waals surface area (Å²) in [6.07, 6.45) is 1.27. The number of likely N-dealkylation sites (tertiary alicyclic amines) is 1. The summed E-state index contributed by atoms with van der Waals surface area (Å²) in [4.78, 5) is 73.8. The molecule has 0 aromatic heterocycles. The van der Waals surface area contributed by atoms with Crippen LogP contribution in [0.5, 0.6) is 0 Å². The Balaban J connectivity index is 2.32. The van der Waals surface area contributed by atoms with Gasteiger partial charge >= 0.3 is 5.97 Å². The number of esters is 1. The van der Waals surface area contributed by atoms with E-state index in [9.17, 15) is 24.0 Å². The number of amides is 4. The van der Waals surface area contributed by atoms with E-state index in [0.29, 0.717) is 25.9 Å². The number of nitrogens with one attached hydrogen (secondary N) is 2. The molecule has 14 nitrogen and oxygen atoms in total. The molecule has 1 aromatic carbocycles. The maximum atomic E-state index is 14.4. The van der Waals surface area contributed by atoms with Crippen molar-refractivity contribution in [1.82, 2.24) is 25.3 Å². The van der Waals surface area contributed by atoms with Crippen LogP contribution < -0.4 is 16.4 Å². The molecule has 0 radical (unpaired) electrons. The minimum absolute atomic E-state index is 0.00570. The molecule has 1 heterocycles. The number of carbonyl (C=O) groups is 5. The highest BCUT2D eigenvalue weighted by molar-refractivity contribution is 5.90. The van der Waals surface area contributed by atoms with Crippen LogP contribution in [0, 0.1) is 17.8 Å². The van der Waals surface area contributed by atoms with Gasteiger partial charge in [0.1, 0.15) is 12.1 Å². The predicted molar refractivity (Wildman–Crippen MR) is 213 cm³/mol. The maximum Gasteiger partial charge on any atom is 0.328 e. The number of hydrogen-bond donors (Lipinski definition) is 3. The zero-order chi connectivity index (χ0) is 41.4. The summed E-state index contributed by atoms with van der Waals surface area (Å²) >= 11 is 0. The molecule has 4 amide bonds. The second kappa shape index (κ2) is 23.5. The molecule has 1 aliphatic heterocycles. The van der Waals surface area contributed by atoms with Crippen LogP contribution >= 0.6 is 0 Å². The average Bonchev–Trinajstić information content (AvgIpc) is 3.64. The van der Waals surface area contributed by atoms with Gasteiger partial charge in [0.25, 0.3) is 0 Å². The molecule has 9 atom stereocenters. The van der Waals surface area contributed by atoms with Gasteiger partial charge < -0.3 is 40.4 Å². The molecule has 0 spiro atoms.